The predicted octanol–water partition coefficient (Wildman–Crippen LogP) is 4.19. The van der Waals surface area contributed by atoms with Crippen molar-refractivity contribution in [1.29, 1.82) is 0 Å². The van der Waals surface area contributed by atoms with Crippen LogP contribution in [0, 0.1) is 13.8 Å². The Balaban J connectivity index is 1.77. The number of carbonyl (C=O) groups is 1. The average Bonchev–Trinajstić information content (AvgIpc) is 2.55. The first-order chi connectivity index (χ1) is 11.5. The van der Waals surface area contributed by atoms with Crippen LogP contribution in [0.4, 0.5) is 5.69 Å². The molecule has 24 heavy (non-hydrogen) atoms. The van der Waals surface area contributed by atoms with Gasteiger partial charge in [-0.25, -0.2) is 0 Å². The van der Waals surface area contributed by atoms with E-state index in [4.69, 9.17) is 11.6 Å². The third-order valence-electron chi connectivity index (χ3n) is 4.87. The fourth-order valence-corrected chi connectivity index (χ4v) is 3.52. The highest BCUT2D eigenvalue weighted by molar-refractivity contribution is 6.30. The lowest BCUT2D eigenvalue weighted by Crippen LogP contribution is -2.55. The highest BCUT2D eigenvalue weighted by atomic mass is 35.5. The van der Waals surface area contributed by atoms with Gasteiger partial charge in [0.15, 0.2) is 0 Å². The van der Waals surface area contributed by atoms with Crippen LogP contribution < -0.4 is 4.90 Å². The highest BCUT2D eigenvalue weighted by Crippen LogP contribution is 2.27. The number of halogens is 1. The molecule has 1 aliphatic rings. The number of hydrogen-bond acceptors (Lipinski definition) is 2. The van der Waals surface area contributed by atoms with Gasteiger partial charge in [0.05, 0.1) is 6.04 Å². The first-order valence-corrected chi connectivity index (χ1v) is 8.71. The summed E-state index contributed by atoms with van der Waals surface area (Å²) in [5.41, 5.74) is 4.56. The number of rotatable bonds is 3. The van der Waals surface area contributed by atoms with Gasteiger partial charge in [-0.3, -0.25) is 9.69 Å². The van der Waals surface area contributed by atoms with E-state index in [2.05, 4.69) is 36.1 Å². The molecule has 1 atom stereocenters. The Labute approximate surface area is 148 Å². The summed E-state index contributed by atoms with van der Waals surface area (Å²) in [6.45, 7) is 8.50. The van der Waals surface area contributed by atoms with Crippen LogP contribution in [0.25, 0.3) is 0 Å². The van der Waals surface area contributed by atoms with Crippen LogP contribution in [-0.2, 0) is 11.3 Å². The fourth-order valence-electron chi connectivity index (χ4n) is 3.30. The number of aryl methyl sites for hydroxylation is 2. The van der Waals surface area contributed by atoms with Gasteiger partial charge in [-0.2, -0.15) is 0 Å². The van der Waals surface area contributed by atoms with Crippen molar-refractivity contribution in [2.45, 2.75) is 33.4 Å². The lowest BCUT2D eigenvalue weighted by Gasteiger charge is -2.39. The SMILES string of the molecule is Cc1ccccc1CN1CCN(c2ccc(Cl)cc2C)C(=O)[C@H]1C. The summed E-state index contributed by atoms with van der Waals surface area (Å²) in [6.07, 6.45) is 0. The second kappa shape index (κ2) is 6.96. The van der Waals surface area contributed by atoms with Crippen molar-refractivity contribution in [3.05, 3.63) is 64.2 Å². The Morgan fingerprint density at radius 3 is 2.54 bits per heavy atom. The minimum atomic E-state index is -0.131. The molecule has 0 aromatic heterocycles. The third-order valence-corrected chi connectivity index (χ3v) is 5.10. The van der Waals surface area contributed by atoms with Gasteiger partial charge >= 0.3 is 0 Å². The molecule has 0 unspecified atom stereocenters. The molecule has 1 aliphatic heterocycles. The molecule has 1 saturated heterocycles. The van der Waals surface area contributed by atoms with Gasteiger partial charge < -0.3 is 4.90 Å². The Morgan fingerprint density at radius 1 is 1.08 bits per heavy atom. The summed E-state index contributed by atoms with van der Waals surface area (Å²) in [7, 11) is 0. The molecule has 1 amide bonds. The van der Waals surface area contributed by atoms with E-state index in [0.29, 0.717) is 11.6 Å². The summed E-state index contributed by atoms with van der Waals surface area (Å²) < 4.78 is 0. The number of hydrogen-bond donors (Lipinski definition) is 0. The molecule has 126 valence electrons. The van der Waals surface area contributed by atoms with E-state index in [1.54, 1.807) is 0 Å². The highest BCUT2D eigenvalue weighted by Gasteiger charge is 2.32. The summed E-state index contributed by atoms with van der Waals surface area (Å²) in [4.78, 5) is 17.0. The Morgan fingerprint density at radius 2 is 1.83 bits per heavy atom. The molecular weight excluding hydrogens is 320 g/mol. The van der Waals surface area contributed by atoms with E-state index in [0.717, 1.165) is 24.3 Å². The van der Waals surface area contributed by atoms with Gasteiger partial charge in [0.1, 0.15) is 0 Å². The predicted molar refractivity (Wildman–Crippen MR) is 99.6 cm³/mol. The van der Waals surface area contributed by atoms with Crippen LogP contribution in [-0.4, -0.2) is 29.9 Å². The Hall–Kier alpha value is -1.84. The van der Waals surface area contributed by atoms with E-state index >= 15 is 0 Å². The van der Waals surface area contributed by atoms with Gasteiger partial charge in [-0.1, -0.05) is 35.9 Å². The molecule has 4 heteroatoms. The Kier molecular flexibility index (Phi) is 4.93. The monoisotopic (exact) mass is 342 g/mol. The number of anilines is 1. The van der Waals surface area contributed by atoms with Crippen molar-refractivity contribution < 1.29 is 4.79 Å². The van der Waals surface area contributed by atoms with Gasteiger partial charge in [-0.05, 0) is 55.7 Å². The Bertz CT molecular complexity index is 759. The molecule has 1 fully saturated rings. The molecule has 2 aromatic rings. The van der Waals surface area contributed by atoms with E-state index < -0.39 is 0 Å². The quantitative estimate of drug-likeness (QED) is 0.834. The lowest BCUT2D eigenvalue weighted by atomic mass is 10.1. The second-order valence-electron chi connectivity index (χ2n) is 6.49. The topological polar surface area (TPSA) is 23.6 Å². The van der Waals surface area contributed by atoms with E-state index in [-0.39, 0.29) is 11.9 Å². The lowest BCUT2D eigenvalue weighted by molar-refractivity contribution is -0.125. The average molecular weight is 343 g/mol. The molecule has 3 nitrogen and oxygen atoms in total. The molecule has 0 aliphatic carbocycles. The van der Waals surface area contributed by atoms with Crippen LogP contribution in [0.2, 0.25) is 5.02 Å². The molecule has 0 bridgehead atoms. The number of benzene rings is 2. The normalized spacial score (nSPS) is 18.9. The molecule has 2 aromatic carbocycles. The van der Waals surface area contributed by atoms with Crippen LogP contribution in [0.5, 0.6) is 0 Å². The van der Waals surface area contributed by atoms with E-state index in [1.165, 1.54) is 11.1 Å². The van der Waals surface area contributed by atoms with Crippen molar-refractivity contribution in [2.75, 3.05) is 18.0 Å². The minimum absolute atomic E-state index is 0.131. The maximum atomic E-state index is 12.9. The second-order valence-corrected chi connectivity index (χ2v) is 6.93. The molecule has 3 rings (SSSR count). The largest absolute Gasteiger partial charge is 0.310 e. The maximum Gasteiger partial charge on any atom is 0.244 e. The molecule has 0 saturated carbocycles. The molecule has 1 heterocycles. The molecular formula is C20H23ClN2O. The minimum Gasteiger partial charge on any atom is -0.310 e. The number of nitrogens with zero attached hydrogens (tertiary/aromatic N) is 2. The number of amides is 1. The van der Waals surface area contributed by atoms with E-state index in [9.17, 15) is 4.79 Å². The van der Waals surface area contributed by atoms with Gasteiger partial charge in [-0.15, -0.1) is 0 Å². The first-order valence-electron chi connectivity index (χ1n) is 8.33. The standard InChI is InChI=1S/C20H23ClN2O/c1-14-6-4-5-7-17(14)13-22-10-11-23(20(24)16(22)3)19-9-8-18(21)12-15(19)2/h4-9,12,16H,10-11,13H2,1-3H3/t16-/m1/s1. The van der Waals surface area contributed by atoms with Gasteiger partial charge in [0, 0.05) is 30.3 Å². The fraction of sp³-hybridized carbons (Fsp3) is 0.350. The van der Waals surface area contributed by atoms with Crippen LogP contribution in [0.15, 0.2) is 42.5 Å². The third kappa shape index (κ3) is 3.33. The van der Waals surface area contributed by atoms with Gasteiger partial charge in [0.2, 0.25) is 5.91 Å². The van der Waals surface area contributed by atoms with Crippen molar-refractivity contribution in [3.63, 3.8) is 0 Å². The molecule has 0 spiro atoms. The molecule has 0 N–H and O–H groups in total. The van der Waals surface area contributed by atoms with E-state index in [1.807, 2.05) is 36.9 Å². The van der Waals surface area contributed by atoms with Crippen molar-refractivity contribution in [2.24, 2.45) is 0 Å². The smallest absolute Gasteiger partial charge is 0.244 e. The van der Waals surface area contributed by atoms with Crippen LogP contribution in [0.3, 0.4) is 0 Å². The zero-order valence-corrected chi connectivity index (χ0v) is 15.2. The van der Waals surface area contributed by atoms with Crippen molar-refractivity contribution in [3.8, 4) is 0 Å². The van der Waals surface area contributed by atoms with Crippen molar-refractivity contribution >= 4 is 23.2 Å². The van der Waals surface area contributed by atoms with Gasteiger partial charge in [0.25, 0.3) is 0 Å². The zero-order valence-electron chi connectivity index (χ0n) is 14.4. The molecule has 0 radical (unpaired) electrons. The maximum absolute atomic E-state index is 12.9. The summed E-state index contributed by atoms with van der Waals surface area (Å²) in [6, 6.07) is 13.9. The summed E-state index contributed by atoms with van der Waals surface area (Å²) in [5, 5.41) is 0.704. The van der Waals surface area contributed by atoms with Crippen molar-refractivity contribution in [1.82, 2.24) is 4.90 Å². The number of carbonyl (C=O) groups excluding carboxylic acids is 1. The summed E-state index contributed by atoms with van der Waals surface area (Å²) in [5.74, 6) is 0.153. The summed E-state index contributed by atoms with van der Waals surface area (Å²) >= 11 is 6.04. The van der Waals surface area contributed by atoms with Crippen LogP contribution in [0.1, 0.15) is 23.6 Å². The first kappa shape index (κ1) is 17.0. The zero-order chi connectivity index (χ0) is 17.3. The van der Waals surface area contributed by atoms with Crippen LogP contribution >= 0.6 is 11.6 Å². The number of piperazine rings is 1.